The third-order valence-corrected chi connectivity index (χ3v) is 5.49. The molecule has 118 valence electrons. The van der Waals surface area contributed by atoms with Crippen molar-refractivity contribution in [1.82, 2.24) is 19.3 Å². The van der Waals surface area contributed by atoms with Gasteiger partial charge in [-0.15, -0.1) is 0 Å². The molecule has 0 unspecified atom stereocenters. The van der Waals surface area contributed by atoms with Gasteiger partial charge in [0.2, 0.25) is 10.0 Å². The van der Waals surface area contributed by atoms with Gasteiger partial charge in [0, 0.05) is 51.2 Å². The first-order chi connectivity index (χ1) is 10.6. The second-order valence-electron chi connectivity index (χ2n) is 5.28. The highest BCUT2D eigenvalue weighted by molar-refractivity contribution is 7.88. The zero-order valence-electron chi connectivity index (χ0n) is 12.1. The maximum atomic E-state index is 12.3. The van der Waals surface area contributed by atoms with Gasteiger partial charge in [0.25, 0.3) is 0 Å². The molecule has 22 heavy (non-hydrogen) atoms. The second-order valence-corrected chi connectivity index (χ2v) is 7.25. The molecule has 1 saturated heterocycles. The molecule has 1 aliphatic heterocycles. The predicted molar refractivity (Wildman–Crippen MR) is 80.2 cm³/mol. The minimum atomic E-state index is -3.33. The Morgan fingerprint density at radius 1 is 1.18 bits per heavy atom. The van der Waals surface area contributed by atoms with E-state index in [4.69, 9.17) is 0 Å². The van der Waals surface area contributed by atoms with Crippen molar-refractivity contribution >= 4 is 10.0 Å². The summed E-state index contributed by atoms with van der Waals surface area (Å²) in [5.74, 6) is -0.105. The molecule has 7 nitrogen and oxygen atoms in total. The summed E-state index contributed by atoms with van der Waals surface area (Å²) in [7, 11) is -3.33. The van der Waals surface area contributed by atoms with E-state index in [0.717, 1.165) is 12.1 Å². The van der Waals surface area contributed by atoms with Crippen LogP contribution in [0.1, 0.15) is 11.3 Å². The third kappa shape index (κ3) is 3.70. The van der Waals surface area contributed by atoms with E-state index in [-0.39, 0.29) is 5.75 Å². The van der Waals surface area contributed by atoms with Crippen molar-refractivity contribution in [3.05, 3.63) is 48.1 Å². The second kappa shape index (κ2) is 6.55. The van der Waals surface area contributed by atoms with Crippen LogP contribution in [0.3, 0.4) is 0 Å². The topological polar surface area (TPSA) is 79.5 Å². The Hall–Kier alpha value is -1.77. The average Bonchev–Trinajstić information content (AvgIpc) is 3.01. The highest BCUT2D eigenvalue weighted by Crippen LogP contribution is 2.14. The summed E-state index contributed by atoms with van der Waals surface area (Å²) in [5, 5.41) is 3.67. The zero-order valence-corrected chi connectivity index (χ0v) is 12.9. The van der Waals surface area contributed by atoms with Crippen LogP contribution in [0.5, 0.6) is 0 Å². The molecular formula is C14H18N4O3S. The molecule has 3 rings (SSSR count). The summed E-state index contributed by atoms with van der Waals surface area (Å²) < 4.78 is 30.9. The smallest absolute Gasteiger partial charge is 0.220 e. The molecule has 1 aliphatic rings. The number of pyridine rings is 1. The van der Waals surface area contributed by atoms with Gasteiger partial charge in [-0.2, -0.15) is 4.31 Å². The van der Waals surface area contributed by atoms with Crippen molar-refractivity contribution in [3.63, 3.8) is 0 Å². The maximum Gasteiger partial charge on any atom is 0.220 e. The quantitative estimate of drug-likeness (QED) is 0.807. The molecule has 0 radical (unpaired) electrons. The molecule has 0 amide bonds. The number of nitrogens with zero attached hydrogens (tertiary/aromatic N) is 4. The molecular weight excluding hydrogens is 304 g/mol. The lowest BCUT2D eigenvalue weighted by Gasteiger charge is -2.33. The largest absolute Gasteiger partial charge is 0.364 e. The minimum Gasteiger partial charge on any atom is -0.364 e. The number of hydrogen-bond acceptors (Lipinski definition) is 6. The van der Waals surface area contributed by atoms with Crippen LogP contribution >= 0.6 is 0 Å². The molecule has 2 aromatic rings. The first-order valence-electron chi connectivity index (χ1n) is 7.12. The molecule has 8 heteroatoms. The number of rotatable bonds is 5. The Morgan fingerprint density at radius 2 is 2.00 bits per heavy atom. The molecule has 0 atom stereocenters. The lowest BCUT2D eigenvalue weighted by Crippen LogP contribution is -2.48. The van der Waals surface area contributed by atoms with Crippen LogP contribution < -0.4 is 0 Å². The molecule has 0 N–H and O–H groups in total. The van der Waals surface area contributed by atoms with Gasteiger partial charge in [-0.3, -0.25) is 9.88 Å². The Labute approximate surface area is 129 Å². The van der Waals surface area contributed by atoms with E-state index in [0.29, 0.717) is 31.9 Å². The van der Waals surface area contributed by atoms with E-state index >= 15 is 0 Å². The van der Waals surface area contributed by atoms with Gasteiger partial charge in [-0.05, 0) is 11.6 Å². The first kappa shape index (κ1) is 15.1. The van der Waals surface area contributed by atoms with Crippen LogP contribution in [0.2, 0.25) is 0 Å². The molecule has 0 aliphatic carbocycles. The minimum absolute atomic E-state index is 0.105. The van der Waals surface area contributed by atoms with Crippen LogP contribution in [0.4, 0.5) is 0 Å². The first-order valence-corrected chi connectivity index (χ1v) is 8.73. The lowest BCUT2D eigenvalue weighted by molar-refractivity contribution is 0.181. The SMILES string of the molecule is O=S(=O)(Cc1ccon1)N1CCN(Cc2cccnc2)CC1. The Bertz CT molecular complexity index is 680. The summed E-state index contributed by atoms with van der Waals surface area (Å²) in [5.41, 5.74) is 1.58. The number of hydrogen-bond donors (Lipinski definition) is 0. The van der Waals surface area contributed by atoms with Crippen molar-refractivity contribution < 1.29 is 12.9 Å². The van der Waals surface area contributed by atoms with Crippen LogP contribution in [0.25, 0.3) is 0 Å². The fourth-order valence-electron chi connectivity index (χ4n) is 2.51. The lowest BCUT2D eigenvalue weighted by atomic mass is 10.2. The van der Waals surface area contributed by atoms with Gasteiger partial charge in [0.15, 0.2) is 0 Å². The van der Waals surface area contributed by atoms with E-state index in [9.17, 15) is 8.42 Å². The summed E-state index contributed by atoms with van der Waals surface area (Å²) in [6.45, 7) is 3.23. The number of sulfonamides is 1. The standard InChI is InChI=1S/C14H18N4O3S/c19-22(20,12-14-3-9-21-16-14)18-7-5-17(6-8-18)11-13-2-1-4-15-10-13/h1-4,9-10H,5-8,11-12H2. The number of piperazine rings is 1. The van der Waals surface area contributed by atoms with E-state index in [1.54, 1.807) is 12.3 Å². The normalized spacial score (nSPS) is 17.6. The van der Waals surface area contributed by atoms with Gasteiger partial charge < -0.3 is 4.52 Å². The molecule has 1 fully saturated rings. The summed E-state index contributed by atoms with van der Waals surface area (Å²) in [6.07, 6.45) is 4.97. The molecule has 0 saturated carbocycles. The number of aromatic nitrogens is 2. The van der Waals surface area contributed by atoms with E-state index in [1.807, 2.05) is 18.3 Å². The highest BCUT2D eigenvalue weighted by Gasteiger charge is 2.27. The van der Waals surface area contributed by atoms with Crippen molar-refractivity contribution in [2.45, 2.75) is 12.3 Å². The van der Waals surface area contributed by atoms with Gasteiger partial charge in [0.1, 0.15) is 12.0 Å². The van der Waals surface area contributed by atoms with E-state index in [1.165, 1.54) is 10.6 Å². The fourth-order valence-corrected chi connectivity index (χ4v) is 3.93. The van der Waals surface area contributed by atoms with Crippen LogP contribution in [0, 0.1) is 0 Å². The van der Waals surface area contributed by atoms with E-state index < -0.39 is 10.0 Å². The molecule has 2 aromatic heterocycles. The van der Waals surface area contributed by atoms with Crippen molar-refractivity contribution in [2.24, 2.45) is 0 Å². The molecule has 3 heterocycles. The predicted octanol–water partition coefficient (Wildman–Crippen LogP) is 0.717. The molecule has 0 spiro atoms. The maximum absolute atomic E-state index is 12.3. The summed E-state index contributed by atoms with van der Waals surface area (Å²) in [4.78, 5) is 6.33. The van der Waals surface area contributed by atoms with Crippen molar-refractivity contribution in [1.29, 1.82) is 0 Å². The van der Waals surface area contributed by atoms with Gasteiger partial charge in [0.05, 0.1) is 5.69 Å². The summed E-state index contributed by atoms with van der Waals surface area (Å²) >= 11 is 0. The van der Waals surface area contributed by atoms with Crippen molar-refractivity contribution in [2.75, 3.05) is 26.2 Å². The monoisotopic (exact) mass is 322 g/mol. The fraction of sp³-hybridized carbons (Fsp3) is 0.429. The van der Waals surface area contributed by atoms with Crippen LogP contribution in [0.15, 0.2) is 41.4 Å². The van der Waals surface area contributed by atoms with Gasteiger partial charge in [-0.25, -0.2) is 8.42 Å². The van der Waals surface area contributed by atoms with Gasteiger partial charge in [-0.1, -0.05) is 11.2 Å². The van der Waals surface area contributed by atoms with Crippen LogP contribution in [-0.2, 0) is 22.3 Å². The molecule has 0 aromatic carbocycles. The Balaban J connectivity index is 1.55. The summed E-state index contributed by atoms with van der Waals surface area (Å²) in [6, 6.07) is 5.52. The van der Waals surface area contributed by atoms with Crippen molar-refractivity contribution in [3.8, 4) is 0 Å². The third-order valence-electron chi connectivity index (χ3n) is 3.68. The highest BCUT2D eigenvalue weighted by atomic mass is 32.2. The Kier molecular flexibility index (Phi) is 4.51. The van der Waals surface area contributed by atoms with Gasteiger partial charge >= 0.3 is 0 Å². The van der Waals surface area contributed by atoms with Crippen LogP contribution in [-0.4, -0.2) is 53.9 Å². The zero-order chi connectivity index (χ0) is 15.4. The van der Waals surface area contributed by atoms with E-state index in [2.05, 4.69) is 19.6 Å². The Morgan fingerprint density at radius 3 is 2.64 bits per heavy atom. The molecule has 0 bridgehead atoms. The average molecular weight is 322 g/mol.